The van der Waals surface area contributed by atoms with E-state index in [0.29, 0.717) is 19.7 Å². The lowest BCUT2D eigenvalue weighted by Gasteiger charge is -2.37. The van der Waals surface area contributed by atoms with Gasteiger partial charge in [-0.25, -0.2) is 4.79 Å². The van der Waals surface area contributed by atoms with Crippen LogP contribution in [-0.2, 0) is 9.47 Å². The number of nitrogens with zero attached hydrogens (tertiary/aromatic N) is 6. The topological polar surface area (TPSA) is 86.3 Å². The summed E-state index contributed by atoms with van der Waals surface area (Å²) >= 11 is 0. The van der Waals surface area contributed by atoms with Gasteiger partial charge < -0.3 is 29.5 Å². The number of ether oxygens (including phenoxy) is 2. The van der Waals surface area contributed by atoms with Gasteiger partial charge in [0.05, 0.1) is 13.2 Å². The quantitative estimate of drug-likeness (QED) is 0.347. The smallest absolute Gasteiger partial charge is 0.435 e. The molecule has 0 bridgehead atoms. The maximum absolute atomic E-state index is 12.3. The van der Waals surface area contributed by atoms with E-state index in [-0.39, 0.29) is 6.10 Å². The van der Waals surface area contributed by atoms with Crippen LogP contribution in [-0.4, -0.2) is 99.2 Å². The second kappa shape index (κ2) is 13.5. The number of fused-ring (bicyclic) bond motifs is 1. The third kappa shape index (κ3) is 6.98. The minimum absolute atomic E-state index is 0.292. The van der Waals surface area contributed by atoms with E-state index in [2.05, 4.69) is 61.3 Å². The lowest BCUT2D eigenvalue weighted by molar-refractivity contribution is 0.0169. The number of piperazine rings is 1. The molecule has 6 rings (SSSR count). The van der Waals surface area contributed by atoms with Crippen LogP contribution in [0.3, 0.4) is 0 Å². The lowest BCUT2D eigenvalue weighted by Crippen LogP contribution is -2.50. The van der Waals surface area contributed by atoms with E-state index >= 15 is 0 Å². The molecule has 3 aliphatic heterocycles. The van der Waals surface area contributed by atoms with Crippen LogP contribution in [0.1, 0.15) is 32.6 Å². The molecule has 1 atom stereocenters. The Kier molecular flexibility index (Phi) is 9.08. The van der Waals surface area contributed by atoms with E-state index in [1.54, 1.807) is 6.92 Å². The molecule has 2 aromatic carbocycles. The van der Waals surface area contributed by atoms with E-state index in [1.807, 2.05) is 12.1 Å². The zero-order valence-electron chi connectivity index (χ0n) is 24.7. The first-order chi connectivity index (χ1) is 20.6. The predicted octanol–water partition coefficient (Wildman–Crippen LogP) is 4.61. The fraction of sp³-hybridized carbons (Fsp3) is 0.531. The standard InChI is InChI=1S/C32H43N7O3/c1-2-41-32(40)42-28(23-33-27-12-11-25-9-3-4-10-26(25)21-27)24-36-17-19-38(20-18-36)30-22-29(37-13-5-6-14-37)34-31(35-30)39-15-7-8-16-39/h3-4,9-12,21-22,28,33H,2,5-8,13-20,23-24H2,1H3. The summed E-state index contributed by atoms with van der Waals surface area (Å²) < 4.78 is 10.9. The highest BCUT2D eigenvalue weighted by molar-refractivity contribution is 5.85. The molecule has 3 saturated heterocycles. The summed E-state index contributed by atoms with van der Waals surface area (Å²) in [5.74, 6) is 2.95. The number of hydrogen-bond donors (Lipinski definition) is 1. The zero-order valence-corrected chi connectivity index (χ0v) is 24.7. The largest absolute Gasteiger partial charge is 0.508 e. The van der Waals surface area contributed by atoms with E-state index in [0.717, 1.165) is 75.6 Å². The Hall–Kier alpha value is -3.79. The van der Waals surface area contributed by atoms with Gasteiger partial charge in [0.2, 0.25) is 5.95 Å². The minimum Gasteiger partial charge on any atom is -0.435 e. The van der Waals surface area contributed by atoms with Crippen LogP contribution in [0.4, 0.5) is 28.1 Å². The van der Waals surface area contributed by atoms with Crippen molar-refractivity contribution in [2.75, 3.05) is 92.1 Å². The van der Waals surface area contributed by atoms with E-state index in [4.69, 9.17) is 19.4 Å². The molecule has 0 amide bonds. The van der Waals surface area contributed by atoms with E-state index < -0.39 is 6.16 Å². The first-order valence-corrected chi connectivity index (χ1v) is 15.6. The van der Waals surface area contributed by atoms with Crippen molar-refractivity contribution in [1.82, 2.24) is 14.9 Å². The van der Waals surface area contributed by atoms with Crippen LogP contribution < -0.4 is 20.0 Å². The van der Waals surface area contributed by atoms with Crippen molar-refractivity contribution in [2.45, 2.75) is 38.7 Å². The molecule has 4 heterocycles. The number of aromatic nitrogens is 2. The van der Waals surface area contributed by atoms with Gasteiger partial charge in [-0.3, -0.25) is 4.90 Å². The Bertz CT molecular complexity index is 1300. The fourth-order valence-corrected chi connectivity index (χ4v) is 6.15. The summed E-state index contributed by atoms with van der Waals surface area (Å²) in [6, 6.07) is 16.8. The van der Waals surface area contributed by atoms with Gasteiger partial charge in [-0.15, -0.1) is 0 Å². The fourth-order valence-electron chi connectivity index (χ4n) is 6.15. The predicted molar refractivity (Wildman–Crippen MR) is 168 cm³/mol. The number of rotatable bonds is 10. The molecule has 0 spiro atoms. The number of nitrogens with one attached hydrogen (secondary N) is 1. The minimum atomic E-state index is -0.619. The van der Waals surface area contributed by atoms with Crippen molar-refractivity contribution in [1.29, 1.82) is 0 Å². The summed E-state index contributed by atoms with van der Waals surface area (Å²) in [5.41, 5.74) is 1.00. The van der Waals surface area contributed by atoms with E-state index in [1.165, 1.54) is 36.5 Å². The number of hydrogen-bond acceptors (Lipinski definition) is 10. The SMILES string of the molecule is CCOC(=O)OC(CNc1ccc2ccccc2c1)CN1CCN(c2cc(N3CCCC3)nc(N3CCCC3)n2)CC1. The first-order valence-electron chi connectivity index (χ1n) is 15.6. The molecule has 10 heteroatoms. The van der Waals surface area contributed by atoms with Crippen LogP contribution in [0.25, 0.3) is 10.8 Å². The Balaban J connectivity index is 1.09. The molecule has 0 aliphatic carbocycles. The number of carbonyl (C=O) groups excluding carboxylic acids is 1. The molecular formula is C32H43N7O3. The normalized spacial score (nSPS) is 18.5. The van der Waals surface area contributed by atoms with Crippen LogP contribution >= 0.6 is 0 Å². The van der Waals surface area contributed by atoms with Crippen LogP contribution in [0, 0.1) is 0 Å². The summed E-state index contributed by atoms with van der Waals surface area (Å²) in [7, 11) is 0. The summed E-state index contributed by atoms with van der Waals surface area (Å²) in [6.07, 6.45) is 3.89. The average Bonchev–Trinajstić information content (AvgIpc) is 3.76. The molecule has 1 aromatic heterocycles. The average molecular weight is 574 g/mol. The molecule has 0 radical (unpaired) electrons. The van der Waals surface area contributed by atoms with Crippen LogP contribution in [0.5, 0.6) is 0 Å². The van der Waals surface area contributed by atoms with Crippen LogP contribution in [0.2, 0.25) is 0 Å². The highest BCUT2D eigenvalue weighted by Gasteiger charge is 2.26. The third-order valence-corrected chi connectivity index (χ3v) is 8.47. The van der Waals surface area contributed by atoms with Gasteiger partial charge >= 0.3 is 6.16 Å². The van der Waals surface area contributed by atoms with Gasteiger partial charge in [-0.05, 0) is 55.5 Å². The van der Waals surface area contributed by atoms with Crippen molar-refractivity contribution in [3.05, 3.63) is 48.5 Å². The molecule has 3 aliphatic rings. The molecule has 1 N–H and O–H groups in total. The maximum atomic E-state index is 12.3. The molecule has 3 aromatic rings. The van der Waals surface area contributed by atoms with Crippen molar-refractivity contribution in [3.8, 4) is 0 Å². The zero-order chi connectivity index (χ0) is 28.7. The Labute approximate surface area is 248 Å². The van der Waals surface area contributed by atoms with Gasteiger partial charge in [0.1, 0.15) is 17.7 Å². The molecule has 10 nitrogen and oxygen atoms in total. The Morgan fingerprint density at radius 3 is 2.14 bits per heavy atom. The Morgan fingerprint density at radius 1 is 0.810 bits per heavy atom. The second-order valence-electron chi connectivity index (χ2n) is 11.4. The van der Waals surface area contributed by atoms with Crippen molar-refractivity contribution < 1.29 is 14.3 Å². The van der Waals surface area contributed by atoms with Gasteiger partial charge in [0.25, 0.3) is 0 Å². The van der Waals surface area contributed by atoms with Gasteiger partial charge in [-0.2, -0.15) is 9.97 Å². The van der Waals surface area contributed by atoms with Gasteiger partial charge in [0.15, 0.2) is 0 Å². The molecule has 224 valence electrons. The summed E-state index contributed by atoms with van der Waals surface area (Å²) in [4.78, 5) is 31.8. The van der Waals surface area contributed by atoms with Crippen molar-refractivity contribution in [2.24, 2.45) is 0 Å². The molecule has 1 unspecified atom stereocenters. The molecular weight excluding hydrogens is 530 g/mol. The summed E-state index contributed by atoms with van der Waals surface area (Å²) in [5, 5.41) is 5.85. The second-order valence-corrected chi connectivity index (χ2v) is 11.4. The van der Waals surface area contributed by atoms with Crippen LogP contribution in [0.15, 0.2) is 48.5 Å². The van der Waals surface area contributed by atoms with E-state index in [9.17, 15) is 4.79 Å². The van der Waals surface area contributed by atoms with Crippen molar-refractivity contribution in [3.63, 3.8) is 0 Å². The summed E-state index contributed by atoms with van der Waals surface area (Å²) in [6.45, 7) is 10.9. The monoisotopic (exact) mass is 573 g/mol. The number of anilines is 4. The lowest BCUT2D eigenvalue weighted by atomic mass is 10.1. The number of benzene rings is 2. The highest BCUT2D eigenvalue weighted by Crippen LogP contribution is 2.28. The van der Waals surface area contributed by atoms with Crippen molar-refractivity contribution >= 4 is 40.2 Å². The molecule has 3 fully saturated rings. The Morgan fingerprint density at radius 2 is 1.45 bits per heavy atom. The molecule has 42 heavy (non-hydrogen) atoms. The molecule has 0 saturated carbocycles. The van der Waals surface area contributed by atoms with Gasteiger partial charge in [-0.1, -0.05) is 30.3 Å². The first kappa shape index (κ1) is 28.3. The number of carbonyl (C=O) groups is 1. The maximum Gasteiger partial charge on any atom is 0.508 e. The third-order valence-electron chi connectivity index (χ3n) is 8.47. The van der Waals surface area contributed by atoms with Gasteiger partial charge in [0, 0.05) is 70.7 Å². The highest BCUT2D eigenvalue weighted by atomic mass is 16.7.